The smallest absolute Gasteiger partial charge is 0.315 e. The van der Waals surface area contributed by atoms with Crippen LogP contribution < -0.4 is 21.3 Å². The van der Waals surface area contributed by atoms with Crippen LogP contribution in [0.4, 0.5) is 9.18 Å². The number of alkyl halides is 1. The lowest BCUT2D eigenvalue weighted by molar-refractivity contribution is -0.141. The SMILES string of the molecule is C=CCNC(=O)C(=O)C(CCCCF)NC(=O)C1CCCN1C(C)=O.CC.CCC(CS(=O)C(C)C)NC(=O)NC(C)C(C)(C)C.CCCCC. The highest BCUT2D eigenvalue weighted by Gasteiger charge is 2.35. The maximum atomic E-state index is 12.5. The highest BCUT2D eigenvalue weighted by atomic mass is 32.2. The monoisotopic (exact) mass is 748 g/mol. The Morgan fingerprint density at radius 2 is 1.55 bits per heavy atom. The van der Waals surface area contributed by atoms with Gasteiger partial charge in [0.1, 0.15) is 6.04 Å². The number of carbonyl (C=O) groups excluding carboxylic acids is 5. The van der Waals surface area contributed by atoms with E-state index in [0.29, 0.717) is 31.6 Å². The molecule has 5 atom stereocenters. The van der Waals surface area contributed by atoms with Crippen molar-refractivity contribution in [3.05, 3.63) is 12.7 Å². The Kier molecular flexibility index (Phi) is 31.7. The molecule has 0 aliphatic carbocycles. The predicted molar refractivity (Wildman–Crippen MR) is 210 cm³/mol. The molecule has 4 N–H and O–H groups in total. The van der Waals surface area contributed by atoms with Gasteiger partial charge in [0.2, 0.25) is 17.6 Å². The van der Waals surface area contributed by atoms with Crippen molar-refractivity contribution in [1.82, 2.24) is 26.2 Å². The molecule has 300 valence electrons. The molecule has 1 heterocycles. The Bertz CT molecular complexity index is 1030. The van der Waals surface area contributed by atoms with Gasteiger partial charge in [0.25, 0.3) is 5.91 Å². The van der Waals surface area contributed by atoms with Gasteiger partial charge in [-0.15, -0.1) is 6.58 Å². The van der Waals surface area contributed by atoms with E-state index in [2.05, 4.69) is 62.5 Å². The van der Waals surface area contributed by atoms with Crippen LogP contribution in [0.25, 0.3) is 0 Å². The van der Waals surface area contributed by atoms with Crippen molar-refractivity contribution >= 4 is 40.3 Å². The molecular weight excluding hydrogens is 674 g/mol. The minimum Gasteiger partial charge on any atom is -0.346 e. The van der Waals surface area contributed by atoms with E-state index in [4.69, 9.17) is 0 Å². The number of hydrogen-bond acceptors (Lipinski definition) is 6. The molecule has 5 unspecified atom stereocenters. The standard InChI is InChI=1S/C17H26FN3O4.C14H30N2O2S.C5H12.C2H6/c1-3-10-19-17(25)15(23)13(7-4-5-9-18)20-16(24)14-8-6-11-21(14)12(2)22;1-8-12(9-19(18)10(2)3)16-13(17)15-11(4)14(5,6)7;1-3-5-4-2;1-2/h3,13-14H,1,4-11H2,2H3,(H,19,25)(H,20,24);10-12H,8-9H2,1-7H3,(H2,15,16,17);3-5H2,1-2H3;1-2H3. The molecule has 1 rings (SSSR count). The fourth-order valence-electron chi connectivity index (χ4n) is 4.45. The van der Waals surface area contributed by atoms with Gasteiger partial charge in [-0.05, 0) is 50.9 Å². The maximum Gasteiger partial charge on any atom is 0.315 e. The average molecular weight is 748 g/mol. The predicted octanol–water partition coefficient (Wildman–Crippen LogP) is 6.37. The number of urea groups is 1. The maximum absolute atomic E-state index is 12.5. The zero-order chi connectivity index (χ0) is 40.2. The van der Waals surface area contributed by atoms with E-state index in [0.717, 1.165) is 6.42 Å². The third-order valence-corrected chi connectivity index (χ3v) is 9.96. The van der Waals surface area contributed by atoms with E-state index in [9.17, 15) is 32.6 Å². The van der Waals surface area contributed by atoms with Crippen molar-refractivity contribution in [2.24, 2.45) is 5.41 Å². The van der Waals surface area contributed by atoms with Crippen LogP contribution in [-0.4, -0.2) is 93.6 Å². The van der Waals surface area contributed by atoms with Crippen molar-refractivity contribution < 1.29 is 32.6 Å². The molecule has 1 aliphatic rings. The molecule has 0 radical (unpaired) electrons. The molecule has 0 aromatic heterocycles. The molecule has 0 aromatic carbocycles. The first-order valence-electron chi connectivity index (χ1n) is 18.9. The van der Waals surface area contributed by atoms with Crippen molar-refractivity contribution in [2.75, 3.05) is 25.5 Å². The zero-order valence-corrected chi connectivity index (χ0v) is 34.9. The Labute approximate surface area is 312 Å². The van der Waals surface area contributed by atoms with Crippen LogP contribution in [0.2, 0.25) is 0 Å². The fraction of sp³-hybridized carbons (Fsp3) is 0.816. The number of halogens is 1. The molecule has 1 aliphatic heterocycles. The van der Waals surface area contributed by atoms with E-state index < -0.39 is 47.2 Å². The van der Waals surface area contributed by atoms with E-state index in [1.807, 2.05) is 41.5 Å². The molecule has 0 spiro atoms. The largest absolute Gasteiger partial charge is 0.346 e. The van der Waals surface area contributed by atoms with E-state index in [1.54, 1.807) is 0 Å². The second-order valence-corrected chi connectivity index (χ2v) is 15.8. The summed E-state index contributed by atoms with van der Waals surface area (Å²) in [5.41, 5.74) is 0.0276. The van der Waals surface area contributed by atoms with Gasteiger partial charge >= 0.3 is 6.03 Å². The lowest BCUT2D eigenvalue weighted by atomic mass is 9.88. The van der Waals surface area contributed by atoms with Gasteiger partial charge in [-0.3, -0.25) is 27.8 Å². The van der Waals surface area contributed by atoms with Crippen LogP contribution in [0.1, 0.15) is 141 Å². The van der Waals surface area contributed by atoms with Gasteiger partial charge < -0.3 is 26.2 Å². The topological polar surface area (TPSA) is 154 Å². The summed E-state index contributed by atoms with van der Waals surface area (Å²) in [5.74, 6) is -1.74. The third-order valence-electron chi connectivity index (χ3n) is 8.17. The van der Waals surface area contributed by atoms with Crippen molar-refractivity contribution in [3.8, 4) is 0 Å². The molecule has 1 fully saturated rings. The Morgan fingerprint density at radius 1 is 0.961 bits per heavy atom. The molecule has 0 bridgehead atoms. The summed E-state index contributed by atoms with van der Waals surface area (Å²) < 4.78 is 24.1. The van der Waals surface area contributed by atoms with E-state index >= 15 is 0 Å². The third kappa shape index (κ3) is 24.9. The molecule has 0 aromatic rings. The summed E-state index contributed by atoms with van der Waals surface area (Å²) in [5, 5.41) is 10.9. The first-order valence-corrected chi connectivity index (χ1v) is 20.3. The summed E-state index contributed by atoms with van der Waals surface area (Å²) in [6.45, 7) is 27.5. The summed E-state index contributed by atoms with van der Waals surface area (Å²) in [6.07, 6.45) is 8.30. The molecule has 13 heteroatoms. The van der Waals surface area contributed by atoms with Gasteiger partial charge in [-0.25, -0.2) is 4.79 Å². The van der Waals surface area contributed by atoms with Crippen LogP contribution in [0, 0.1) is 5.41 Å². The van der Waals surface area contributed by atoms with Crippen molar-refractivity contribution in [3.63, 3.8) is 0 Å². The molecule has 1 saturated heterocycles. The number of nitrogens with zero attached hydrogens (tertiary/aromatic N) is 1. The lowest BCUT2D eigenvalue weighted by Gasteiger charge is -2.29. The Morgan fingerprint density at radius 3 is 1.98 bits per heavy atom. The number of amides is 5. The van der Waals surface area contributed by atoms with Crippen LogP contribution in [0.5, 0.6) is 0 Å². The zero-order valence-electron chi connectivity index (χ0n) is 34.0. The highest BCUT2D eigenvalue weighted by molar-refractivity contribution is 7.85. The van der Waals surface area contributed by atoms with Crippen LogP contribution >= 0.6 is 0 Å². The van der Waals surface area contributed by atoms with Gasteiger partial charge in [-0.1, -0.05) is 94.6 Å². The van der Waals surface area contributed by atoms with Gasteiger partial charge in [0.15, 0.2) is 0 Å². The van der Waals surface area contributed by atoms with Crippen molar-refractivity contribution in [2.45, 2.75) is 170 Å². The first kappa shape index (κ1) is 52.5. The van der Waals surface area contributed by atoms with Gasteiger partial charge in [-0.2, -0.15) is 0 Å². The fourth-order valence-corrected chi connectivity index (χ4v) is 5.55. The first-order chi connectivity index (χ1) is 23.9. The second kappa shape index (κ2) is 30.8. The number of likely N-dealkylation sites (tertiary alicyclic amines) is 1. The summed E-state index contributed by atoms with van der Waals surface area (Å²) in [7, 11) is -0.890. The van der Waals surface area contributed by atoms with E-state index in [-0.39, 0.29) is 54.1 Å². The number of hydrogen-bond donors (Lipinski definition) is 4. The molecule has 5 amide bonds. The number of ketones is 1. The normalized spacial score (nSPS) is 15.9. The number of rotatable bonds is 18. The van der Waals surface area contributed by atoms with Gasteiger partial charge in [0.05, 0.1) is 12.7 Å². The summed E-state index contributed by atoms with van der Waals surface area (Å²) in [4.78, 5) is 61.5. The van der Waals surface area contributed by atoms with Crippen LogP contribution in [0.15, 0.2) is 12.7 Å². The van der Waals surface area contributed by atoms with Gasteiger partial charge in [0, 0.05) is 53.9 Å². The number of nitrogens with one attached hydrogen (secondary N) is 4. The quantitative estimate of drug-likeness (QED) is 0.0726. The highest BCUT2D eigenvalue weighted by Crippen LogP contribution is 2.19. The Hall–Kier alpha value is -2.83. The minimum absolute atomic E-state index is 0.0276. The summed E-state index contributed by atoms with van der Waals surface area (Å²) in [6, 6.07) is -1.78. The number of carbonyl (C=O) groups is 5. The number of Topliss-reactive ketones (excluding diaryl/α,β-unsaturated/α-hetero) is 1. The second-order valence-electron chi connectivity index (χ2n) is 13.7. The number of unbranched alkanes of at least 4 members (excludes halogenated alkanes) is 3. The molecule has 0 saturated carbocycles. The Balaban J connectivity index is -0.000000783. The molecular formula is C38H74FN5O6S. The van der Waals surface area contributed by atoms with Crippen LogP contribution in [0.3, 0.4) is 0 Å². The van der Waals surface area contributed by atoms with Crippen LogP contribution in [-0.2, 0) is 30.0 Å². The minimum atomic E-state index is -1.03. The van der Waals surface area contributed by atoms with Crippen molar-refractivity contribution in [1.29, 1.82) is 0 Å². The van der Waals surface area contributed by atoms with E-state index in [1.165, 1.54) is 37.2 Å². The average Bonchev–Trinajstić information content (AvgIpc) is 3.58. The summed E-state index contributed by atoms with van der Waals surface area (Å²) >= 11 is 0. The molecule has 11 nitrogen and oxygen atoms in total. The lowest BCUT2D eigenvalue weighted by Crippen LogP contribution is -2.53. The molecule has 51 heavy (non-hydrogen) atoms.